The summed E-state index contributed by atoms with van der Waals surface area (Å²) >= 11 is 4.78. The summed E-state index contributed by atoms with van der Waals surface area (Å²) in [6.45, 7) is 1.91. The van der Waals surface area contributed by atoms with Crippen LogP contribution in [0.1, 0.15) is 6.92 Å². The lowest BCUT2D eigenvalue weighted by Crippen LogP contribution is -2.34. The first kappa shape index (κ1) is 12.3. The molecular weight excluding hydrogens is 233 g/mol. The minimum absolute atomic E-state index is 0.00319. The summed E-state index contributed by atoms with van der Waals surface area (Å²) in [5.41, 5.74) is 0. The zero-order valence-electron chi connectivity index (χ0n) is 8.49. The van der Waals surface area contributed by atoms with E-state index in [2.05, 4.69) is 20.4 Å². The minimum atomic E-state index is -0.670. The van der Waals surface area contributed by atoms with Crippen LogP contribution in [0.5, 0.6) is 0 Å². The molecule has 1 amide bonds. The molecule has 0 aliphatic rings. The maximum absolute atomic E-state index is 12.8. The fraction of sp³-hybridized carbons (Fsp3) is 0.222. The van der Waals surface area contributed by atoms with Gasteiger partial charge in [-0.25, -0.2) is 14.2 Å². The molecule has 16 heavy (non-hydrogen) atoms. The summed E-state index contributed by atoms with van der Waals surface area (Å²) in [6, 6.07) is 2.35. The van der Waals surface area contributed by atoms with Crippen LogP contribution in [0.4, 0.5) is 15.0 Å². The number of pyridine rings is 1. The number of halogens is 1. The Hall–Kier alpha value is -1.76. The second-order valence-electron chi connectivity index (χ2n) is 2.66. The molecule has 0 spiro atoms. The molecule has 0 radical (unpaired) electrons. The monoisotopic (exact) mass is 243 g/mol. The number of hydrogen-bond donors (Lipinski definition) is 2. The molecular formula is C9H10FN3O2S. The molecule has 1 rings (SSSR count). The molecule has 1 aromatic heterocycles. The molecule has 0 bridgehead atoms. The van der Waals surface area contributed by atoms with Crippen molar-refractivity contribution in [2.24, 2.45) is 0 Å². The van der Waals surface area contributed by atoms with E-state index in [1.54, 1.807) is 6.92 Å². The van der Waals surface area contributed by atoms with E-state index in [1.165, 1.54) is 12.3 Å². The average molecular weight is 243 g/mol. The van der Waals surface area contributed by atoms with Gasteiger partial charge in [-0.15, -0.1) is 0 Å². The fourth-order valence-corrected chi connectivity index (χ4v) is 1.07. The van der Waals surface area contributed by atoms with E-state index >= 15 is 0 Å². The number of nitrogens with zero attached hydrogens (tertiary/aromatic N) is 1. The van der Waals surface area contributed by atoms with Crippen LogP contribution < -0.4 is 10.6 Å². The van der Waals surface area contributed by atoms with E-state index in [4.69, 9.17) is 12.2 Å². The van der Waals surface area contributed by atoms with E-state index in [-0.39, 0.29) is 17.5 Å². The molecule has 0 unspecified atom stereocenters. The Morgan fingerprint density at radius 1 is 1.69 bits per heavy atom. The van der Waals surface area contributed by atoms with Crippen molar-refractivity contribution >= 4 is 29.2 Å². The van der Waals surface area contributed by atoms with E-state index in [0.717, 1.165) is 6.07 Å². The number of ether oxygens (including phenoxy) is 1. The van der Waals surface area contributed by atoms with Gasteiger partial charge in [-0.05, 0) is 25.2 Å². The molecule has 1 aromatic rings. The second kappa shape index (κ2) is 5.96. The number of nitrogens with one attached hydrogen (secondary N) is 2. The molecule has 0 fully saturated rings. The molecule has 1 heterocycles. The van der Waals surface area contributed by atoms with Gasteiger partial charge in [0.2, 0.25) is 0 Å². The first-order valence-electron chi connectivity index (χ1n) is 4.48. The van der Waals surface area contributed by atoms with E-state index in [1.807, 2.05) is 0 Å². The maximum atomic E-state index is 12.8. The van der Waals surface area contributed by atoms with Crippen LogP contribution in [-0.4, -0.2) is 22.8 Å². The zero-order chi connectivity index (χ0) is 12.0. The van der Waals surface area contributed by atoms with Crippen LogP contribution in [0.2, 0.25) is 0 Å². The van der Waals surface area contributed by atoms with Gasteiger partial charge < -0.3 is 10.1 Å². The lowest BCUT2D eigenvalue weighted by Gasteiger charge is -2.08. The number of hydrogen-bond acceptors (Lipinski definition) is 4. The van der Waals surface area contributed by atoms with Crippen molar-refractivity contribution in [3.05, 3.63) is 24.1 Å². The van der Waals surface area contributed by atoms with Crippen LogP contribution in [0.3, 0.4) is 0 Å². The van der Waals surface area contributed by atoms with E-state index in [9.17, 15) is 9.18 Å². The Morgan fingerprint density at radius 3 is 3.06 bits per heavy atom. The summed E-state index contributed by atoms with van der Waals surface area (Å²) in [5.74, 6) is -0.238. The van der Waals surface area contributed by atoms with Gasteiger partial charge >= 0.3 is 6.09 Å². The topological polar surface area (TPSA) is 63.2 Å². The highest BCUT2D eigenvalue weighted by atomic mass is 32.1. The van der Waals surface area contributed by atoms with E-state index in [0.29, 0.717) is 0 Å². The minimum Gasteiger partial charge on any atom is -0.450 e. The Bertz CT molecular complexity index is 400. The number of thiocarbonyl (C=S) groups is 1. The SMILES string of the molecule is CCOC(=O)NC(=S)Nc1cc(F)ccn1. The smallest absolute Gasteiger partial charge is 0.413 e. The normalized spacial score (nSPS) is 9.38. The van der Waals surface area contributed by atoms with Crippen molar-refractivity contribution in [3.63, 3.8) is 0 Å². The van der Waals surface area contributed by atoms with Gasteiger partial charge in [0.1, 0.15) is 11.6 Å². The highest BCUT2D eigenvalue weighted by molar-refractivity contribution is 7.80. The third-order valence-corrected chi connectivity index (χ3v) is 1.66. The number of aromatic nitrogens is 1. The molecule has 5 nitrogen and oxygen atoms in total. The zero-order valence-corrected chi connectivity index (χ0v) is 9.31. The number of anilines is 1. The van der Waals surface area contributed by atoms with E-state index < -0.39 is 11.9 Å². The number of amides is 1. The van der Waals surface area contributed by atoms with Crippen molar-refractivity contribution in [3.8, 4) is 0 Å². The Kier molecular flexibility index (Phi) is 4.59. The summed E-state index contributed by atoms with van der Waals surface area (Å²) in [4.78, 5) is 14.8. The van der Waals surface area contributed by atoms with Crippen LogP contribution in [0.25, 0.3) is 0 Å². The summed E-state index contributed by atoms with van der Waals surface area (Å²) in [6.07, 6.45) is 0.612. The highest BCUT2D eigenvalue weighted by Crippen LogP contribution is 2.04. The largest absolute Gasteiger partial charge is 0.450 e. The third-order valence-electron chi connectivity index (χ3n) is 1.45. The quantitative estimate of drug-likeness (QED) is 0.773. The van der Waals surface area contributed by atoms with Crippen LogP contribution in [0, 0.1) is 5.82 Å². The summed E-state index contributed by atoms with van der Waals surface area (Å²) < 4.78 is 17.4. The highest BCUT2D eigenvalue weighted by Gasteiger charge is 2.05. The molecule has 2 N–H and O–H groups in total. The fourth-order valence-electron chi connectivity index (χ4n) is 0.881. The lowest BCUT2D eigenvalue weighted by molar-refractivity contribution is 0.158. The molecule has 0 saturated heterocycles. The van der Waals surface area contributed by atoms with Gasteiger partial charge in [-0.2, -0.15) is 0 Å². The molecule has 0 aliphatic carbocycles. The van der Waals surface area contributed by atoms with Crippen molar-refractivity contribution < 1.29 is 13.9 Å². The molecule has 0 atom stereocenters. The van der Waals surface area contributed by atoms with Crippen molar-refractivity contribution in [1.29, 1.82) is 0 Å². The van der Waals surface area contributed by atoms with Gasteiger partial charge in [0.15, 0.2) is 5.11 Å². The molecule has 0 saturated carbocycles. The van der Waals surface area contributed by atoms with Gasteiger partial charge in [0.05, 0.1) is 6.61 Å². The predicted octanol–water partition coefficient (Wildman–Crippen LogP) is 1.66. The first-order valence-corrected chi connectivity index (χ1v) is 4.89. The Labute approximate surface area is 97.0 Å². The number of alkyl carbamates (subject to hydrolysis) is 1. The standard InChI is InChI=1S/C9H10FN3O2S/c1-2-15-9(14)13-8(16)12-7-5-6(10)3-4-11-7/h3-5H,2H2,1H3,(H2,11,12,13,14,16). The third kappa shape index (κ3) is 4.18. The first-order chi connectivity index (χ1) is 7.61. The van der Waals surface area contributed by atoms with Gasteiger partial charge in [0, 0.05) is 12.3 Å². The average Bonchev–Trinajstić information content (AvgIpc) is 2.17. The van der Waals surface area contributed by atoms with Crippen LogP contribution >= 0.6 is 12.2 Å². The van der Waals surface area contributed by atoms with Crippen molar-refractivity contribution in [2.45, 2.75) is 6.92 Å². The predicted molar refractivity (Wildman–Crippen MR) is 60.6 cm³/mol. The Balaban J connectivity index is 2.48. The second-order valence-corrected chi connectivity index (χ2v) is 3.07. The summed E-state index contributed by atoms with van der Waals surface area (Å²) in [5, 5.41) is 4.78. The van der Waals surface area contributed by atoms with Gasteiger partial charge in [-0.1, -0.05) is 0 Å². The molecule has 86 valence electrons. The molecule has 0 aliphatic heterocycles. The number of rotatable bonds is 2. The lowest BCUT2D eigenvalue weighted by atomic mass is 10.4. The molecule has 0 aromatic carbocycles. The van der Waals surface area contributed by atoms with Crippen molar-refractivity contribution in [1.82, 2.24) is 10.3 Å². The van der Waals surface area contributed by atoms with Crippen molar-refractivity contribution in [2.75, 3.05) is 11.9 Å². The Morgan fingerprint density at radius 2 is 2.44 bits per heavy atom. The number of carbonyl (C=O) groups is 1. The van der Waals surface area contributed by atoms with Gasteiger partial charge in [-0.3, -0.25) is 5.32 Å². The van der Waals surface area contributed by atoms with Gasteiger partial charge in [0.25, 0.3) is 0 Å². The maximum Gasteiger partial charge on any atom is 0.413 e. The number of carbonyl (C=O) groups excluding carboxylic acids is 1. The molecule has 7 heteroatoms. The summed E-state index contributed by atoms with van der Waals surface area (Å²) in [7, 11) is 0. The van der Waals surface area contributed by atoms with Crippen LogP contribution in [0.15, 0.2) is 18.3 Å². The van der Waals surface area contributed by atoms with Crippen LogP contribution in [-0.2, 0) is 4.74 Å².